The predicted molar refractivity (Wildman–Crippen MR) is 152 cm³/mol. The van der Waals surface area contributed by atoms with E-state index in [1.807, 2.05) is 6.07 Å². The lowest BCUT2D eigenvalue weighted by Crippen LogP contribution is -2.28. The maximum absolute atomic E-state index is 6.65. The maximum atomic E-state index is 6.65. The molecule has 6 aromatic rings. The van der Waals surface area contributed by atoms with Crippen LogP contribution in [0.25, 0.3) is 33.0 Å². The first-order valence-electron chi connectivity index (χ1n) is 12.3. The van der Waals surface area contributed by atoms with E-state index < -0.39 is 5.41 Å². The summed E-state index contributed by atoms with van der Waals surface area (Å²) >= 11 is 6.65. The summed E-state index contributed by atoms with van der Waals surface area (Å²) in [6.07, 6.45) is 0. The van der Waals surface area contributed by atoms with E-state index in [4.69, 9.17) is 11.6 Å². The van der Waals surface area contributed by atoms with E-state index in [2.05, 4.69) is 133 Å². The minimum atomic E-state index is -0.481. The topological polar surface area (TPSA) is 0 Å². The highest BCUT2D eigenvalue weighted by Gasteiger charge is 2.47. The van der Waals surface area contributed by atoms with Crippen LogP contribution in [0.15, 0.2) is 140 Å². The van der Waals surface area contributed by atoms with Crippen molar-refractivity contribution < 1.29 is 0 Å². The van der Waals surface area contributed by atoms with E-state index in [9.17, 15) is 0 Å². The molecule has 1 aliphatic rings. The van der Waals surface area contributed by atoms with Crippen molar-refractivity contribution in [2.24, 2.45) is 0 Å². The molecular weight excluding hydrogens is 456 g/mol. The molecule has 0 heterocycles. The summed E-state index contributed by atoms with van der Waals surface area (Å²) in [6, 6.07) is 50.2. The van der Waals surface area contributed by atoms with Gasteiger partial charge >= 0.3 is 0 Å². The molecule has 0 fully saturated rings. The third-order valence-corrected chi connectivity index (χ3v) is 7.81. The molecule has 0 aromatic heterocycles. The molecule has 6 aromatic carbocycles. The van der Waals surface area contributed by atoms with Crippen molar-refractivity contribution in [2.75, 3.05) is 0 Å². The Hall–Kier alpha value is -4.13. The zero-order chi connectivity index (χ0) is 24.1. The van der Waals surface area contributed by atoms with Crippen LogP contribution in [0.1, 0.15) is 22.3 Å². The van der Waals surface area contributed by atoms with Gasteiger partial charge in [0, 0.05) is 5.02 Å². The molecule has 0 aliphatic heterocycles. The molecule has 36 heavy (non-hydrogen) atoms. The van der Waals surface area contributed by atoms with Crippen LogP contribution in [-0.4, -0.2) is 0 Å². The van der Waals surface area contributed by atoms with Crippen molar-refractivity contribution in [1.82, 2.24) is 0 Å². The summed E-state index contributed by atoms with van der Waals surface area (Å²) in [7, 11) is 0. The maximum Gasteiger partial charge on any atom is 0.0714 e. The van der Waals surface area contributed by atoms with Gasteiger partial charge in [0.2, 0.25) is 0 Å². The minimum absolute atomic E-state index is 0.481. The van der Waals surface area contributed by atoms with Crippen molar-refractivity contribution in [2.45, 2.75) is 5.41 Å². The van der Waals surface area contributed by atoms with Crippen molar-refractivity contribution >= 4 is 22.4 Å². The van der Waals surface area contributed by atoms with Crippen LogP contribution in [0.5, 0.6) is 0 Å². The lowest BCUT2D eigenvalue weighted by Gasteiger charge is -2.34. The lowest BCUT2D eigenvalue weighted by molar-refractivity contribution is 0.770. The Balaban J connectivity index is 1.70. The summed E-state index contributed by atoms with van der Waals surface area (Å²) in [4.78, 5) is 0. The Labute approximate surface area is 216 Å². The average molecular weight is 479 g/mol. The molecule has 0 saturated carbocycles. The van der Waals surface area contributed by atoms with Gasteiger partial charge in [0.1, 0.15) is 0 Å². The molecule has 1 atom stereocenters. The summed E-state index contributed by atoms with van der Waals surface area (Å²) in [6.45, 7) is 0. The summed E-state index contributed by atoms with van der Waals surface area (Å²) in [5, 5.41) is 3.24. The van der Waals surface area contributed by atoms with Crippen molar-refractivity contribution in [3.63, 3.8) is 0 Å². The number of fused-ring (bicyclic) bond motifs is 4. The fraction of sp³-hybridized carbons (Fsp3) is 0.0286. The van der Waals surface area contributed by atoms with E-state index in [0.717, 1.165) is 5.02 Å². The van der Waals surface area contributed by atoms with Gasteiger partial charge in [-0.3, -0.25) is 0 Å². The molecule has 1 unspecified atom stereocenters. The standard InChI is InChI=1S/C35H23Cl/c36-29-18-9-17-28(23-29)35(27-15-5-2-6-16-27)32-20-10-19-30(24-11-3-1-4-12-24)34(32)31-21-25-13-7-8-14-26(25)22-33(31)35/h1-23H. The smallest absolute Gasteiger partial charge is 0.0714 e. The third-order valence-electron chi connectivity index (χ3n) is 7.58. The van der Waals surface area contributed by atoms with Gasteiger partial charge in [-0.1, -0.05) is 127 Å². The molecule has 1 heteroatoms. The van der Waals surface area contributed by atoms with E-state index in [-0.39, 0.29) is 0 Å². The molecule has 0 bridgehead atoms. The molecule has 0 N–H and O–H groups in total. The van der Waals surface area contributed by atoms with E-state index in [0.29, 0.717) is 0 Å². The van der Waals surface area contributed by atoms with Gasteiger partial charge in [0.15, 0.2) is 0 Å². The van der Waals surface area contributed by atoms with E-state index >= 15 is 0 Å². The normalized spacial score (nSPS) is 16.0. The molecule has 0 saturated heterocycles. The Kier molecular flexibility index (Phi) is 4.84. The van der Waals surface area contributed by atoms with Crippen LogP contribution in [0.3, 0.4) is 0 Å². The summed E-state index contributed by atoms with van der Waals surface area (Å²) in [5.74, 6) is 0. The first kappa shape index (κ1) is 21.2. The van der Waals surface area contributed by atoms with Crippen LogP contribution < -0.4 is 0 Å². The van der Waals surface area contributed by atoms with Crippen molar-refractivity contribution in [1.29, 1.82) is 0 Å². The van der Waals surface area contributed by atoms with Crippen LogP contribution in [0.4, 0.5) is 0 Å². The number of rotatable bonds is 3. The Morgan fingerprint density at radius 3 is 1.83 bits per heavy atom. The van der Waals surface area contributed by atoms with Gasteiger partial charge in [-0.25, -0.2) is 0 Å². The van der Waals surface area contributed by atoms with Gasteiger partial charge in [-0.2, -0.15) is 0 Å². The van der Waals surface area contributed by atoms with Gasteiger partial charge in [0.25, 0.3) is 0 Å². The van der Waals surface area contributed by atoms with Gasteiger partial charge < -0.3 is 0 Å². The second kappa shape index (κ2) is 8.22. The molecule has 0 nitrogen and oxygen atoms in total. The summed E-state index contributed by atoms with van der Waals surface area (Å²) < 4.78 is 0. The van der Waals surface area contributed by atoms with E-state index in [1.165, 1.54) is 55.3 Å². The highest BCUT2D eigenvalue weighted by molar-refractivity contribution is 6.30. The van der Waals surface area contributed by atoms with Crippen LogP contribution in [0.2, 0.25) is 5.02 Å². The number of hydrogen-bond acceptors (Lipinski definition) is 0. The molecule has 1 aliphatic carbocycles. The largest absolute Gasteiger partial charge is 0.0843 e. The second-order valence-corrected chi connectivity index (χ2v) is 9.90. The first-order valence-corrected chi connectivity index (χ1v) is 12.7. The Morgan fingerprint density at radius 2 is 1.08 bits per heavy atom. The Morgan fingerprint density at radius 1 is 0.444 bits per heavy atom. The molecule has 0 spiro atoms. The minimum Gasteiger partial charge on any atom is -0.0843 e. The van der Waals surface area contributed by atoms with Crippen molar-refractivity contribution in [3.05, 3.63) is 167 Å². The number of halogens is 1. The zero-order valence-electron chi connectivity index (χ0n) is 19.7. The first-order chi connectivity index (χ1) is 17.8. The second-order valence-electron chi connectivity index (χ2n) is 9.47. The molecule has 170 valence electrons. The van der Waals surface area contributed by atoms with Crippen LogP contribution in [0, 0.1) is 0 Å². The quantitative estimate of drug-likeness (QED) is 0.237. The van der Waals surface area contributed by atoms with Gasteiger partial charge in [-0.15, -0.1) is 0 Å². The number of benzene rings is 6. The highest BCUT2D eigenvalue weighted by atomic mass is 35.5. The SMILES string of the molecule is Clc1cccc(C2(c3ccccc3)c3cc4ccccc4cc3-c3c(-c4ccccc4)cccc32)c1. The molecule has 0 amide bonds. The highest BCUT2D eigenvalue weighted by Crippen LogP contribution is 2.59. The van der Waals surface area contributed by atoms with Crippen LogP contribution >= 0.6 is 11.6 Å². The monoisotopic (exact) mass is 478 g/mol. The molecule has 0 radical (unpaired) electrons. The third kappa shape index (κ3) is 3.02. The van der Waals surface area contributed by atoms with E-state index in [1.54, 1.807) is 0 Å². The zero-order valence-corrected chi connectivity index (χ0v) is 20.4. The van der Waals surface area contributed by atoms with Gasteiger partial charge in [0.05, 0.1) is 5.41 Å². The van der Waals surface area contributed by atoms with Gasteiger partial charge in [-0.05, 0) is 79.5 Å². The number of hydrogen-bond donors (Lipinski definition) is 0. The fourth-order valence-electron chi connectivity index (χ4n) is 6.11. The predicted octanol–water partition coefficient (Wildman–Crippen LogP) is 9.52. The fourth-order valence-corrected chi connectivity index (χ4v) is 6.30. The van der Waals surface area contributed by atoms with Crippen LogP contribution in [-0.2, 0) is 5.41 Å². The summed E-state index contributed by atoms with van der Waals surface area (Å²) in [5.41, 5.74) is 9.60. The Bertz CT molecular complexity index is 1730. The molecule has 7 rings (SSSR count). The average Bonchev–Trinajstić information content (AvgIpc) is 3.23. The lowest BCUT2D eigenvalue weighted by atomic mass is 9.67. The molecular formula is C35H23Cl. The van der Waals surface area contributed by atoms with Crippen molar-refractivity contribution in [3.8, 4) is 22.3 Å².